The van der Waals surface area contributed by atoms with Crippen LogP contribution in [0.4, 0.5) is 4.79 Å². The molecule has 0 aromatic heterocycles. The van der Waals surface area contributed by atoms with Crippen molar-refractivity contribution in [2.45, 2.75) is 32.2 Å². The number of ether oxygens (including phenoxy) is 2. The minimum absolute atomic E-state index is 0.0211. The molecule has 8 heteroatoms. The van der Waals surface area contributed by atoms with Crippen LogP contribution in [0, 0.1) is 11.3 Å². The van der Waals surface area contributed by atoms with Gasteiger partial charge in [0.05, 0.1) is 19.3 Å². The van der Waals surface area contributed by atoms with Crippen LogP contribution in [-0.4, -0.2) is 67.4 Å². The summed E-state index contributed by atoms with van der Waals surface area (Å²) >= 11 is 0. The van der Waals surface area contributed by atoms with E-state index in [2.05, 4.69) is 29.6 Å². The molecule has 1 heterocycles. The highest BCUT2D eigenvalue weighted by Crippen LogP contribution is 2.44. The van der Waals surface area contributed by atoms with Gasteiger partial charge in [-0.1, -0.05) is 62.4 Å². The van der Waals surface area contributed by atoms with Crippen LogP contribution in [0.3, 0.4) is 0 Å². The second-order valence-corrected chi connectivity index (χ2v) is 10.1. The number of hydrogen-bond acceptors (Lipinski definition) is 5. The molecule has 2 aromatic carbocycles. The molecular weight excluding hydrogens is 448 g/mol. The first kappa shape index (κ1) is 24.7. The van der Waals surface area contributed by atoms with E-state index in [-0.39, 0.29) is 44.6 Å². The molecule has 35 heavy (non-hydrogen) atoms. The Hall–Kier alpha value is -3.39. The number of amides is 2. The van der Waals surface area contributed by atoms with Crippen LogP contribution in [0.15, 0.2) is 48.5 Å². The topological polar surface area (TPSA) is 105 Å². The Morgan fingerprint density at radius 3 is 2.26 bits per heavy atom. The zero-order chi connectivity index (χ0) is 25.2. The molecule has 0 saturated carbocycles. The maximum absolute atomic E-state index is 12.8. The molecule has 1 aliphatic heterocycles. The summed E-state index contributed by atoms with van der Waals surface area (Å²) in [5.74, 6) is -1.91. The van der Waals surface area contributed by atoms with Crippen molar-refractivity contribution in [1.82, 2.24) is 10.2 Å². The standard InChI is InChI=1S/C27H32N2O6/c1-27(2,12-24(30)29(3)23-15-34-13-22(23)25(31)32)16-28-26(33)35-14-21-19-10-6-4-8-17(19)18-9-5-7-11-20(18)21/h4-11,21-23H,12-16H2,1-3H3,(H,28,33)(H,31,32). The molecule has 0 radical (unpaired) electrons. The van der Waals surface area contributed by atoms with Crippen LogP contribution in [-0.2, 0) is 19.1 Å². The Balaban J connectivity index is 1.29. The second kappa shape index (κ2) is 10.1. The van der Waals surface area contributed by atoms with Gasteiger partial charge in [-0.3, -0.25) is 9.59 Å². The van der Waals surface area contributed by atoms with Crippen molar-refractivity contribution in [3.63, 3.8) is 0 Å². The molecular formula is C27H32N2O6. The Morgan fingerprint density at radius 1 is 1.06 bits per heavy atom. The SMILES string of the molecule is CN(C(=O)CC(C)(C)CNC(=O)OCC1c2ccccc2-c2ccccc21)C1COCC1C(=O)O. The van der Waals surface area contributed by atoms with Crippen molar-refractivity contribution >= 4 is 18.0 Å². The Morgan fingerprint density at radius 2 is 1.66 bits per heavy atom. The quantitative estimate of drug-likeness (QED) is 0.599. The fraction of sp³-hybridized carbons (Fsp3) is 0.444. The van der Waals surface area contributed by atoms with Gasteiger partial charge in [-0.05, 0) is 27.7 Å². The van der Waals surface area contributed by atoms with E-state index >= 15 is 0 Å². The predicted octanol–water partition coefficient (Wildman–Crippen LogP) is 3.50. The van der Waals surface area contributed by atoms with Gasteiger partial charge < -0.3 is 24.8 Å². The lowest BCUT2D eigenvalue weighted by molar-refractivity contribution is -0.144. The number of fused-ring (bicyclic) bond motifs is 3. The largest absolute Gasteiger partial charge is 0.481 e. The van der Waals surface area contributed by atoms with Crippen molar-refractivity contribution in [2.24, 2.45) is 11.3 Å². The third kappa shape index (κ3) is 5.32. The molecule has 8 nitrogen and oxygen atoms in total. The monoisotopic (exact) mass is 480 g/mol. The molecule has 2 amide bonds. The number of nitrogens with one attached hydrogen (secondary N) is 1. The summed E-state index contributed by atoms with van der Waals surface area (Å²) in [5.41, 5.74) is 4.07. The van der Waals surface area contributed by atoms with E-state index in [0.717, 1.165) is 11.1 Å². The highest BCUT2D eigenvalue weighted by Gasteiger charge is 2.39. The van der Waals surface area contributed by atoms with Gasteiger partial charge in [0, 0.05) is 25.9 Å². The highest BCUT2D eigenvalue weighted by atomic mass is 16.5. The summed E-state index contributed by atoms with van der Waals surface area (Å²) in [6, 6.07) is 15.8. The first-order valence-electron chi connectivity index (χ1n) is 11.8. The summed E-state index contributed by atoms with van der Waals surface area (Å²) in [7, 11) is 1.60. The Bertz CT molecular complexity index is 1070. The van der Waals surface area contributed by atoms with Gasteiger partial charge >= 0.3 is 12.1 Å². The first-order valence-corrected chi connectivity index (χ1v) is 11.8. The van der Waals surface area contributed by atoms with E-state index in [1.54, 1.807) is 7.05 Å². The maximum Gasteiger partial charge on any atom is 0.407 e. The van der Waals surface area contributed by atoms with Crippen molar-refractivity contribution in [1.29, 1.82) is 0 Å². The van der Waals surface area contributed by atoms with Crippen LogP contribution >= 0.6 is 0 Å². The number of hydrogen-bond donors (Lipinski definition) is 2. The number of rotatable bonds is 8. The number of carbonyl (C=O) groups excluding carboxylic acids is 2. The van der Waals surface area contributed by atoms with E-state index in [4.69, 9.17) is 9.47 Å². The number of carbonyl (C=O) groups is 3. The van der Waals surface area contributed by atoms with Crippen LogP contribution in [0.1, 0.15) is 37.3 Å². The van der Waals surface area contributed by atoms with Crippen molar-refractivity contribution in [3.05, 3.63) is 59.7 Å². The van der Waals surface area contributed by atoms with Crippen LogP contribution < -0.4 is 5.32 Å². The normalized spacial score (nSPS) is 19.1. The summed E-state index contributed by atoms with van der Waals surface area (Å²) in [4.78, 5) is 38.2. The lowest BCUT2D eigenvalue weighted by Gasteiger charge is -2.31. The second-order valence-electron chi connectivity index (χ2n) is 10.1. The van der Waals surface area contributed by atoms with E-state index in [1.807, 2.05) is 38.1 Å². The molecule has 4 rings (SSSR count). The van der Waals surface area contributed by atoms with Crippen molar-refractivity contribution < 1.29 is 29.0 Å². The number of benzene rings is 2. The first-order chi connectivity index (χ1) is 16.7. The smallest absolute Gasteiger partial charge is 0.407 e. The molecule has 186 valence electrons. The molecule has 2 aromatic rings. The molecule has 2 aliphatic rings. The molecule has 2 atom stereocenters. The van der Waals surface area contributed by atoms with E-state index in [9.17, 15) is 19.5 Å². The van der Waals surface area contributed by atoms with Crippen LogP contribution in [0.2, 0.25) is 0 Å². The molecule has 0 spiro atoms. The molecule has 2 N–H and O–H groups in total. The average molecular weight is 481 g/mol. The maximum atomic E-state index is 12.8. The minimum atomic E-state index is -0.969. The molecule has 1 saturated heterocycles. The van der Waals surface area contributed by atoms with Gasteiger partial charge in [-0.25, -0.2) is 4.79 Å². The summed E-state index contributed by atoms with van der Waals surface area (Å²) < 4.78 is 10.9. The highest BCUT2D eigenvalue weighted by molar-refractivity contribution is 5.80. The fourth-order valence-electron chi connectivity index (χ4n) is 4.90. The predicted molar refractivity (Wildman–Crippen MR) is 130 cm³/mol. The number of aliphatic carboxylic acids is 1. The summed E-state index contributed by atoms with van der Waals surface area (Å²) in [5, 5.41) is 12.1. The number of likely N-dealkylation sites (N-methyl/N-ethyl adjacent to an activating group) is 1. The van der Waals surface area contributed by atoms with Gasteiger partial charge in [0.15, 0.2) is 0 Å². The summed E-state index contributed by atoms with van der Waals surface area (Å²) in [6.45, 7) is 4.53. The van der Waals surface area contributed by atoms with Gasteiger partial charge in [0.25, 0.3) is 0 Å². The Kier molecular flexibility index (Phi) is 7.12. The van der Waals surface area contributed by atoms with E-state index in [1.165, 1.54) is 16.0 Å². The minimum Gasteiger partial charge on any atom is -0.481 e. The van der Waals surface area contributed by atoms with E-state index in [0.29, 0.717) is 0 Å². The zero-order valence-corrected chi connectivity index (χ0v) is 20.3. The molecule has 0 bridgehead atoms. The lowest BCUT2D eigenvalue weighted by atomic mass is 9.88. The molecule has 1 fully saturated rings. The van der Waals surface area contributed by atoms with Crippen LogP contribution in [0.5, 0.6) is 0 Å². The van der Waals surface area contributed by atoms with E-state index < -0.39 is 29.4 Å². The van der Waals surface area contributed by atoms with Crippen molar-refractivity contribution in [2.75, 3.05) is 33.4 Å². The van der Waals surface area contributed by atoms with Gasteiger partial charge in [-0.15, -0.1) is 0 Å². The van der Waals surface area contributed by atoms with Gasteiger partial charge in [0.1, 0.15) is 12.5 Å². The summed E-state index contributed by atoms with van der Waals surface area (Å²) in [6.07, 6.45) is -0.383. The van der Waals surface area contributed by atoms with Crippen LogP contribution in [0.25, 0.3) is 11.1 Å². The fourth-order valence-corrected chi connectivity index (χ4v) is 4.90. The number of carboxylic acids is 1. The zero-order valence-electron chi connectivity index (χ0n) is 20.3. The van der Waals surface area contributed by atoms with Crippen molar-refractivity contribution in [3.8, 4) is 11.1 Å². The third-order valence-corrected chi connectivity index (χ3v) is 6.94. The average Bonchev–Trinajstić information content (AvgIpc) is 3.44. The third-order valence-electron chi connectivity index (χ3n) is 6.94. The van der Waals surface area contributed by atoms with Gasteiger partial charge in [-0.2, -0.15) is 0 Å². The lowest BCUT2D eigenvalue weighted by Crippen LogP contribution is -2.46. The Labute approximate surface area is 205 Å². The number of nitrogens with zero attached hydrogens (tertiary/aromatic N) is 1. The number of carboxylic acid groups (broad SMARTS) is 1. The van der Waals surface area contributed by atoms with Gasteiger partial charge in [0.2, 0.25) is 5.91 Å². The number of alkyl carbamates (subject to hydrolysis) is 1. The molecule has 2 unspecified atom stereocenters. The molecule has 1 aliphatic carbocycles.